The monoisotopic (exact) mass is 987 g/mol. The quantitative estimate of drug-likeness (QED) is 0.184. The van der Waals surface area contributed by atoms with Gasteiger partial charge in [-0.25, -0.2) is 18.4 Å². The second-order valence-corrected chi connectivity index (χ2v) is 23.8. The maximum atomic E-state index is 13.9. The number of benzene rings is 2. The first-order valence-corrected chi connectivity index (χ1v) is 26.7. The van der Waals surface area contributed by atoms with Crippen LogP contribution in [0.4, 0.5) is 18.4 Å². The molecule has 4 aliphatic carbocycles. The molecule has 2 fully saturated rings. The van der Waals surface area contributed by atoms with E-state index in [2.05, 4.69) is 48.5 Å². The number of aliphatic carboxylic acids is 1. The number of amides is 3. The summed E-state index contributed by atoms with van der Waals surface area (Å²) in [7, 11) is 0. The number of carbonyl (C=O) groups is 4. The van der Waals surface area contributed by atoms with E-state index in [1.54, 1.807) is 24.3 Å². The topological polar surface area (TPSA) is 146 Å². The van der Waals surface area contributed by atoms with Crippen LogP contribution in [-0.2, 0) is 31.9 Å². The molecule has 2 aromatic carbocycles. The average molecular weight is 987 g/mol. The van der Waals surface area contributed by atoms with Gasteiger partial charge < -0.3 is 35.4 Å². The Kier molecular flexibility index (Phi) is 19.0. The van der Waals surface area contributed by atoms with Crippen molar-refractivity contribution in [2.45, 2.75) is 182 Å². The molecule has 2 aliphatic heterocycles. The van der Waals surface area contributed by atoms with Gasteiger partial charge in [-0.05, 0) is 230 Å². The normalized spacial score (nSPS) is 23.8. The van der Waals surface area contributed by atoms with E-state index in [0.29, 0.717) is 55.6 Å². The number of fused-ring (bicyclic) bond motifs is 4. The van der Waals surface area contributed by atoms with E-state index >= 15 is 0 Å². The summed E-state index contributed by atoms with van der Waals surface area (Å²) in [4.78, 5) is 50.1. The Balaban J connectivity index is 0.000000192. The Morgan fingerprint density at radius 2 is 1.14 bits per heavy atom. The third kappa shape index (κ3) is 15.9. The Morgan fingerprint density at radius 3 is 1.61 bits per heavy atom. The highest BCUT2D eigenvalue weighted by Crippen LogP contribution is 2.44. The molecule has 0 aromatic heterocycles. The molecule has 0 spiro atoms. The molecule has 13 heteroatoms. The van der Waals surface area contributed by atoms with E-state index in [4.69, 9.17) is 14.6 Å². The summed E-state index contributed by atoms with van der Waals surface area (Å²) in [6, 6.07) is 11.0. The Hall–Kier alpha value is -4.78. The Bertz CT molecular complexity index is 2260. The third-order valence-electron chi connectivity index (χ3n) is 14.8. The van der Waals surface area contributed by atoms with Crippen molar-refractivity contribution in [3.8, 4) is 0 Å². The fourth-order valence-corrected chi connectivity index (χ4v) is 11.5. The molecule has 4 N–H and O–H groups in total. The molecule has 3 amide bonds. The number of halogens is 2. The van der Waals surface area contributed by atoms with Gasteiger partial charge >= 0.3 is 18.2 Å². The molecule has 2 aromatic rings. The number of carbonyl (C=O) groups excluding carboxylic acids is 3. The number of carboxylic acids is 1. The highest BCUT2D eigenvalue weighted by molar-refractivity contribution is 5.84. The van der Waals surface area contributed by atoms with Gasteiger partial charge in [0.25, 0.3) is 0 Å². The molecule has 392 valence electrons. The number of carboxylic acid groups (broad SMARTS) is 1. The Morgan fingerprint density at radius 1 is 0.676 bits per heavy atom. The molecule has 2 unspecified atom stereocenters. The maximum absolute atomic E-state index is 13.9. The van der Waals surface area contributed by atoms with Crippen LogP contribution in [0.15, 0.2) is 47.5 Å². The van der Waals surface area contributed by atoms with Crippen molar-refractivity contribution in [3.63, 3.8) is 0 Å². The molecular formula is C58H84F2N4O7. The van der Waals surface area contributed by atoms with Crippen LogP contribution >= 0.6 is 0 Å². The number of alkyl carbamates (subject to hydrolysis) is 2. The van der Waals surface area contributed by atoms with E-state index in [1.165, 1.54) is 45.4 Å². The number of ether oxygens (including phenoxy) is 2. The lowest BCUT2D eigenvalue weighted by atomic mass is 9.80. The van der Waals surface area contributed by atoms with Gasteiger partial charge in [0.15, 0.2) is 0 Å². The summed E-state index contributed by atoms with van der Waals surface area (Å²) < 4.78 is 37.7. The minimum absolute atomic E-state index is 0.0470. The van der Waals surface area contributed by atoms with Gasteiger partial charge in [-0.2, -0.15) is 0 Å². The molecule has 0 saturated heterocycles. The highest BCUT2D eigenvalue weighted by Gasteiger charge is 2.40. The van der Waals surface area contributed by atoms with Crippen LogP contribution in [0.2, 0.25) is 0 Å². The summed E-state index contributed by atoms with van der Waals surface area (Å²) >= 11 is 0. The minimum Gasteiger partial charge on any atom is -0.481 e. The molecular weight excluding hydrogens is 903 g/mol. The fraction of sp³-hybridized carbons (Fsp3) is 0.655. The highest BCUT2D eigenvalue weighted by atomic mass is 19.1. The largest absolute Gasteiger partial charge is 0.481 e. The second-order valence-electron chi connectivity index (χ2n) is 23.8. The number of rotatable bonds is 10. The summed E-state index contributed by atoms with van der Waals surface area (Å²) in [5, 5.41) is 18.1. The van der Waals surface area contributed by atoms with Crippen LogP contribution < -0.4 is 16.0 Å². The molecule has 6 aliphatic rings. The fourth-order valence-electron chi connectivity index (χ4n) is 11.5. The van der Waals surface area contributed by atoms with Crippen LogP contribution in [0.3, 0.4) is 0 Å². The third-order valence-corrected chi connectivity index (χ3v) is 14.8. The van der Waals surface area contributed by atoms with Gasteiger partial charge in [-0.3, -0.25) is 9.59 Å². The SMILES string of the molecule is CC(C)(C)OC(=O)NCC1CCC(C(=O)O)CC1.CC(C)CC1C2=C(CCN1C(=O)C1CCC(CNC(=O)OC(C)(C)C)CC1)c1ccc(F)cc1C2.CC(C)CC1NCCC2=C1Cc1cc(F)ccc12. The second kappa shape index (κ2) is 24.3. The van der Waals surface area contributed by atoms with Gasteiger partial charge in [0.05, 0.1) is 12.0 Å². The first kappa shape index (κ1) is 55.5. The minimum atomic E-state index is -0.700. The average Bonchev–Trinajstić information content (AvgIpc) is 3.85. The standard InChI is InChI=1S/C29H41FN2O3.C16H20FN.C13H23NO4/c1-18(2)14-26-25-16-21-15-22(30)10-11-23(21)24(25)12-13-32(26)27(33)20-8-6-19(7-9-20)17-31-28(34)35-29(3,4)5;1-10(2)7-16-15-9-11-8-12(17)3-4-13(11)14(15)5-6-18-16;1-13(2,3)18-12(17)14-8-9-4-6-10(7-5-9)11(15)16/h10-11,15,18-20,26H,6-9,12-14,16-17H2,1-5H3,(H,31,34);3-4,8,10,16,18H,5-7,9H2,1-2H3;9-10H,4-8H2,1-3H3,(H,14,17)(H,15,16). The lowest BCUT2D eigenvalue weighted by Crippen LogP contribution is -2.48. The van der Waals surface area contributed by atoms with Crippen LogP contribution in [0.25, 0.3) is 11.1 Å². The number of hydrogen-bond donors (Lipinski definition) is 4. The molecule has 71 heavy (non-hydrogen) atoms. The zero-order valence-corrected chi connectivity index (χ0v) is 44.4. The zero-order valence-electron chi connectivity index (χ0n) is 44.4. The summed E-state index contributed by atoms with van der Waals surface area (Å²) in [6.45, 7) is 23.0. The first-order chi connectivity index (χ1) is 33.4. The maximum Gasteiger partial charge on any atom is 0.407 e. The summed E-state index contributed by atoms with van der Waals surface area (Å²) in [5.41, 5.74) is 9.39. The lowest BCUT2D eigenvalue weighted by molar-refractivity contribution is -0.143. The predicted octanol–water partition coefficient (Wildman–Crippen LogP) is 12.1. The van der Waals surface area contributed by atoms with Crippen LogP contribution in [0, 0.1) is 47.1 Å². The first-order valence-electron chi connectivity index (χ1n) is 26.7. The zero-order chi connectivity index (χ0) is 51.8. The van der Waals surface area contributed by atoms with Crippen LogP contribution in [0.5, 0.6) is 0 Å². The van der Waals surface area contributed by atoms with Crippen molar-refractivity contribution in [2.24, 2.45) is 35.5 Å². The van der Waals surface area contributed by atoms with Gasteiger partial charge in [0, 0.05) is 31.6 Å². The molecule has 2 heterocycles. The molecule has 0 radical (unpaired) electrons. The molecule has 2 saturated carbocycles. The van der Waals surface area contributed by atoms with Crippen molar-refractivity contribution in [1.82, 2.24) is 20.9 Å². The Labute approximate surface area is 422 Å². The van der Waals surface area contributed by atoms with Crippen LogP contribution in [-0.4, -0.2) is 83.5 Å². The number of hydrogen-bond acceptors (Lipinski definition) is 7. The molecule has 2 atom stereocenters. The van der Waals surface area contributed by atoms with E-state index in [0.717, 1.165) is 89.3 Å². The smallest absolute Gasteiger partial charge is 0.407 e. The van der Waals surface area contributed by atoms with Crippen molar-refractivity contribution in [3.05, 3.63) is 81.4 Å². The van der Waals surface area contributed by atoms with Gasteiger partial charge in [-0.1, -0.05) is 39.8 Å². The van der Waals surface area contributed by atoms with Crippen LogP contribution in [0.1, 0.15) is 169 Å². The number of nitrogens with zero attached hydrogens (tertiary/aromatic N) is 1. The van der Waals surface area contributed by atoms with E-state index in [1.807, 2.05) is 53.7 Å². The van der Waals surface area contributed by atoms with Crippen molar-refractivity contribution >= 4 is 35.2 Å². The van der Waals surface area contributed by atoms with Gasteiger partial charge in [0.2, 0.25) is 5.91 Å². The van der Waals surface area contributed by atoms with Crippen molar-refractivity contribution in [1.29, 1.82) is 0 Å². The summed E-state index contributed by atoms with van der Waals surface area (Å²) in [5.74, 6) is 1.04. The molecule has 11 nitrogen and oxygen atoms in total. The van der Waals surface area contributed by atoms with Gasteiger partial charge in [-0.15, -0.1) is 0 Å². The van der Waals surface area contributed by atoms with Crippen molar-refractivity contribution in [2.75, 3.05) is 26.2 Å². The molecule has 0 bridgehead atoms. The number of nitrogens with one attached hydrogen (secondary N) is 3. The predicted molar refractivity (Wildman–Crippen MR) is 276 cm³/mol. The van der Waals surface area contributed by atoms with E-state index < -0.39 is 23.3 Å². The lowest BCUT2D eigenvalue weighted by Gasteiger charge is -2.41. The van der Waals surface area contributed by atoms with Gasteiger partial charge in [0.1, 0.15) is 22.8 Å². The van der Waals surface area contributed by atoms with E-state index in [9.17, 15) is 28.0 Å². The summed E-state index contributed by atoms with van der Waals surface area (Å²) in [6.07, 6.45) is 11.7. The molecule has 8 rings (SSSR count). The van der Waals surface area contributed by atoms with E-state index in [-0.39, 0.29) is 41.5 Å². The van der Waals surface area contributed by atoms with Crippen molar-refractivity contribution < 1.29 is 42.5 Å².